The average molecular weight is 401 g/mol. The van der Waals surface area contributed by atoms with Crippen molar-refractivity contribution in [1.82, 2.24) is 20.9 Å². The maximum atomic E-state index is 9.02. The molecule has 0 aliphatic heterocycles. The van der Waals surface area contributed by atoms with Gasteiger partial charge in [-0.1, -0.05) is 10.3 Å². The Bertz CT molecular complexity index is 473. The first-order chi connectivity index (χ1) is 12.7. The molecule has 0 aromatic rings. The molecule has 8 heteroatoms. The van der Waals surface area contributed by atoms with Gasteiger partial charge in [0.15, 0.2) is 0 Å². The first kappa shape index (κ1) is 26.8. The van der Waals surface area contributed by atoms with Gasteiger partial charge in [-0.3, -0.25) is 4.90 Å². The Kier molecular flexibility index (Phi) is 11.2. The summed E-state index contributed by atoms with van der Waals surface area (Å²) in [5.41, 5.74) is 0.722. The van der Waals surface area contributed by atoms with Crippen molar-refractivity contribution in [1.29, 1.82) is 0 Å². The standard InChI is InChI=1S/C20H44N6O2/c1-16(24-27)19(6,7)22-11-14-26(13-10-21-18(3,4)5)15-12-23-20(8,9)17(2)25-28/h21-23,27-28H,10-15H2,1-9H3/b24-16+,25-17+. The van der Waals surface area contributed by atoms with Gasteiger partial charge < -0.3 is 26.4 Å². The minimum absolute atomic E-state index is 0.0928. The van der Waals surface area contributed by atoms with Crippen molar-refractivity contribution in [3.8, 4) is 0 Å². The summed E-state index contributed by atoms with van der Waals surface area (Å²) < 4.78 is 0. The molecule has 0 amide bonds. The van der Waals surface area contributed by atoms with Crippen LogP contribution >= 0.6 is 0 Å². The lowest BCUT2D eigenvalue weighted by Crippen LogP contribution is -2.51. The average Bonchev–Trinajstić information content (AvgIpc) is 2.58. The van der Waals surface area contributed by atoms with E-state index in [1.165, 1.54) is 0 Å². The molecule has 0 heterocycles. The van der Waals surface area contributed by atoms with E-state index in [4.69, 9.17) is 10.4 Å². The largest absolute Gasteiger partial charge is 0.411 e. The monoisotopic (exact) mass is 400 g/mol. The Morgan fingerprint density at radius 3 is 1.29 bits per heavy atom. The summed E-state index contributed by atoms with van der Waals surface area (Å²) in [4.78, 5) is 2.39. The smallest absolute Gasteiger partial charge is 0.0734 e. The van der Waals surface area contributed by atoms with Crippen molar-refractivity contribution in [2.45, 2.75) is 78.9 Å². The molecule has 8 nitrogen and oxygen atoms in total. The molecular formula is C20H44N6O2. The Labute approximate surface area is 171 Å². The molecule has 0 aliphatic carbocycles. The van der Waals surface area contributed by atoms with Crippen molar-refractivity contribution in [3.05, 3.63) is 0 Å². The number of nitrogens with zero attached hydrogens (tertiary/aromatic N) is 3. The molecule has 0 bridgehead atoms. The zero-order valence-corrected chi connectivity index (χ0v) is 19.5. The van der Waals surface area contributed by atoms with Crippen LogP contribution in [0.15, 0.2) is 10.3 Å². The molecule has 166 valence electrons. The molecular weight excluding hydrogens is 356 g/mol. The van der Waals surface area contributed by atoms with E-state index in [-0.39, 0.29) is 16.6 Å². The molecule has 28 heavy (non-hydrogen) atoms. The van der Waals surface area contributed by atoms with Gasteiger partial charge in [0.25, 0.3) is 0 Å². The van der Waals surface area contributed by atoms with Gasteiger partial charge in [0.2, 0.25) is 0 Å². The molecule has 0 aliphatic rings. The summed E-state index contributed by atoms with van der Waals surface area (Å²) in [6.45, 7) is 23.3. The summed E-state index contributed by atoms with van der Waals surface area (Å²) in [6, 6.07) is 0. The van der Waals surface area contributed by atoms with Gasteiger partial charge in [-0.2, -0.15) is 0 Å². The molecule has 0 rings (SSSR count). The number of hydrogen-bond donors (Lipinski definition) is 5. The number of hydrogen-bond acceptors (Lipinski definition) is 8. The third-order valence-corrected chi connectivity index (χ3v) is 5.18. The van der Waals surface area contributed by atoms with Crippen LogP contribution in [0.3, 0.4) is 0 Å². The molecule has 0 saturated carbocycles. The Hall–Kier alpha value is -1.22. The zero-order chi connectivity index (χ0) is 22.0. The van der Waals surface area contributed by atoms with Gasteiger partial charge in [-0.25, -0.2) is 0 Å². The minimum atomic E-state index is -0.348. The maximum absolute atomic E-state index is 9.02. The summed E-state index contributed by atoms with van der Waals surface area (Å²) in [6.07, 6.45) is 0. The second kappa shape index (κ2) is 11.7. The highest BCUT2D eigenvalue weighted by molar-refractivity contribution is 5.90. The Morgan fingerprint density at radius 1 is 0.679 bits per heavy atom. The molecule has 0 radical (unpaired) electrons. The highest BCUT2D eigenvalue weighted by atomic mass is 16.4. The van der Waals surface area contributed by atoms with E-state index in [0.717, 1.165) is 39.3 Å². The molecule has 0 unspecified atom stereocenters. The highest BCUT2D eigenvalue weighted by Crippen LogP contribution is 2.06. The number of rotatable bonds is 13. The van der Waals surface area contributed by atoms with Crippen molar-refractivity contribution >= 4 is 11.4 Å². The van der Waals surface area contributed by atoms with E-state index in [9.17, 15) is 0 Å². The SMILES string of the molecule is C/C(=N\O)C(C)(C)NCCN(CCNC(C)(C)C)CCNC(C)(C)/C(C)=N/O. The summed E-state index contributed by atoms with van der Waals surface area (Å²) >= 11 is 0. The van der Waals surface area contributed by atoms with Gasteiger partial charge in [0.1, 0.15) is 0 Å². The van der Waals surface area contributed by atoms with Gasteiger partial charge in [0, 0.05) is 44.8 Å². The second-order valence-corrected chi connectivity index (χ2v) is 9.49. The van der Waals surface area contributed by atoms with Crippen LogP contribution in [-0.4, -0.2) is 82.6 Å². The van der Waals surface area contributed by atoms with Gasteiger partial charge in [-0.05, 0) is 62.3 Å². The molecule has 0 atom stereocenters. The van der Waals surface area contributed by atoms with Crippen molar-refractivity contribution in [2.24, 2.45) is 10.3 Å². The van der Waals surface area contributed by atoms with Crippen LogP contribution in [-0.2, 0) is 0 Å². The minimum Gasteiger partial charge on any atom is -0.411 e. The number of oxime groups is 2. The molecule has 0 fully saturated rings. The highest BCUT2D eigenvalue weighted by Gasteiger charge is 2.23. The predicted molar refractivity (Wildman–Crippen MR) is 118 cm³/mol. The zero-order valence-electron chi connectivity index (χ0n) is 19.5. The van der Waals surface area contributed by atoms with Crippen LogP contribution in [0.5, 0.6) is 0 Å². The van der Waals surface area contributed by atoms with Crippen LogP contribution < -0.4 is 16.0 Å². The first-order valence-corrected chi connectivity index (χ1v) is 10.1. The van der Waals surface area contributed by atoms with E-state index in [1.54, 1.807) is 0 Å². The fourth-order valence-electron chi connectivity index (χ4n) is 2.48. The predicted octanol–water partition coefficient (Wildman–Crippen LogP) is 2.11. The van der Waals surface area contributed by atoms with E-state index < -0.39 is 0 Å². The van der Waals surface area contributed by atoms with Crippen LogP contribution in [0.2, 0.25) is 0 Å². The molecule has 0 aromatic heterocycles. The van der Waals surface area contributed by atoms with Gasteiger partial charge >= 0.3 is 0 Å². The van der Waals surface area contributed by atoms with Crippen molar-refractivity contribution < 1.29 is 10.4 Å². The van der Waals surface area contributed by atoms with E-state index in [2.05, 4.69) is 51.9 Å². The lowest BCUT2D eigenvalue weighted by Gasteiger charge is -2.31. The Morgan fingerprint density at radius 2 is 1.00 bits per heavy atom. The third kappa shape index (κ3) is 10.9. The summed E-state index contributed by atoms with van der Waals surface area (Å²) in [5, 5.41) is 35.1. The fourth-order valence-corrected chi connectivity index (χ4v) is 2.48. The van der Waals surface area contributed by atoms with Crippen LogP contribution in [0.25, 0.3) is 0 Å². The number of nitrogens with one attached hydrogen (secondary N) is 3. The van der Waals surface area contributed by atoms with Crippen molar-refractivity contribution in [3.63, 3.8) is 0 Å². The summed E-state index contributed by atoms with van der Waals surface area (Å²) in [7, 11) is 0. The molecule has 0 saturated heterocycles. The lowest BCUT2D eigenvalue weighted by molar-refractivity contribution is 0.248. The van der Waals surface area contributed by atoms with Crippen LogP contribution in [0, 0.1) is 0 Å². The molecule has 0 aromatic carbocycles. The van der Waals surface area contributed by atoms with E-state index in [0.29, 0.717) is 11.4 Å². The van der Waals surface area contributed by atoms with E-state index >= 15 is 0 Å². The molecule has 0 spiro atoms. The summed E-state index contributed by atoms with van der Waals surface area (Å²) in [5.74, 6) is 0. The quantitative estimate of drug-likeness (QED) is 0.184. The normalized spacial score (nSPS) is 14.8. The Balaban J connectivity index is 4.70. The van der Waals surface area contributed by atoms with Crippen LogP contribution in [0.1, 0.15) is 62.3 Å². The maximum Gasteiger partial charge on any atom is 0.0734 e. The first-order valence-electron chi connectivity index (χ1n) is 10.1. The van der Waals surface area contributed by atoms with Gasteiger partial charge in [-0.15, -0.1) is 0 Å². The fraction of sp³-hybridized carbons (Fsp3) is 0.900. The lowest BCUT2D eigenvalue weighted by atomic mass is 9.99. The van der Waals surface area contributed by atoms with Crippen molar-refractivity contribution in [2.75, 3.05) is 39.3 Å². The molecule has 5 N–H and O–H groups in total. The van der Waals surface area contributed by atoms with Gasteiger partial charge in [0.05, 0.1) is 22.5 Å². The van der Waals surface area contributed by atoms with Crippen LogP contribution in [0.4, 0.5) is 0 Å². The second-order valence-electron chi connectivity index (χ2n) is 9.49. The third-order valence-electron chi connectivity index (χ3n) is 5.18. The topological polar surface area (TPSA) is 105 Å². The van der Waals surface area contributed by atoms with E-state index in [1.807, 2.05) is 41.5 Å².